The van der Waals surface area contributed by atoms with Crippen molar-refractivity contribution in [1.29, 1.82) is 0 Å². The second-order valence-electron chi connectivity index (χ2n) is 4.57. The van der Waals surface area contributed by atoms with Gasteiger partial charge in [-0.3, -0.25) is 0 Å². The van der Waals surface area contributed by atoms with E-state index in [2.05, 4.69) is 18.5 Å². The number of nitrogens with one attached hydrogen (secondary N) is 1. The van der Waals surface area contributed by atoms with Crippen molar-refractivity contribution in [2.24, 2.45) is 0 Å². The Balaban J connectivity index is 2.19. The molecule has 0 aromatic rings. The lowest BCUT2D eigenvalue weighted by Gasteiger charge is -2.31. The van der Waals surface area contributed by atoms with Crippen LogP contribution in [0, 0.1) is 0 Å². The summed E-state index contributed by atoms with van der Waals surface area (Å²) in [5, 5.41) is 3.72. The first-order chi connectivity index (χ1) is 7.26. The standard InChI is InChI=1S/C12H25NOS/c1-10(7-8-15-3)13-11-5-4-6-12(9-11)14-2/h10-13H,4-9H2,1-3H3. The Labute approximate surface area is 98.5 Å². The van der Waals surface area contributed by atoms with Crippen LogP contribution in [0.4, 0.5) is 0 Å². The van der Waals surface area contributed by atoms with Gasteiger partial charge in [0.05, 0.1) is 6.10 Å². The molecule has 1 rings (SSSR count). The zero-order chi connectivity index (χ0) is 11.1. The lowest BCUT2D eigenvalue weighted by atomic mass is 9.92. The van der Waals surface area contributed by atoms with Crippen LogP contribution in [0.15, 0.2) is 0 Å². The van der Waals surface area contributed by atoms with Crippen LogP contribution in [0.5, 0.6) is 0 Å². The second-order valence-corrected chi connectivity index (χ2v) is 5.56. The van der Waals surface area contributed by atoms with Crippen LogP contribution < -0.4 is 5.32 Å². The van der Waals surface area contributed by atoms with Gasteiger partial charge in [-0.25, -0.2) is 0 Å². The van der Waals surface area contributed by atoms with Crippen LogP contribution in [0.2, 0.25) is 0 Å². The predicted molar refractivity (Wildman–Crippen MR) is 68.6 cm³/mol. The summed E-state index contributed by atoms with van der Waals surface area (Å²) in [6.07, 6.45) is 9.01. The molecule has 0 radical (unpaired) electrons. The minimum atomic E-state index is 0.490. The number of hydrogen-bond donors (Lipinski definition) is 1. The molecule has 0 aromatic carbocycles. The van der Waals surface area contributed by atoms with Crippen molar-refractivity contribution < 1.29 is 4.74 Å². The lowest BCUT2D eigenvalue weighted by Crippen LogP contribution is -2.41. The summed E-state index contributed by atoms with van der Waals surface area (Å²) in [6.45, 7) is 2.30. The normalized spacial score (nSPS) is 29.0. The lowest BCUT2D eigenvalue weighted by molar-refractivity contribution is 0.0572. The summed E-state index contributed by atoms with van der Waals surface area (Å²) in [5.41, 5.74) is 0. The van der Waals surface area contributed by atoms with E-state index in [1.165, 1.54) is 37.9 Å². The zero-order valence-corrected chi connectivity index (χ0v) is 11.1. The van der Waals surface area contributed by atoms with Gasteiger partial charge in [0.25, 0.3) is 0 Å². The number of hydrogen-bond acceptors (Lipinski definition) is 3. The summed E-state index contributed by atoms with van der Waals surface area (Å²) >= 11 is 1.93. The molecule has 90 valence electrons. The second kappa shape index (κ2) is 7.53. The van der Waals surface area contributed by atoms with Crippen LogP contribution in [0.1, 0.15) is 39.0 Å². The van der Waals surface area contributed by atoms with Gasteiger partial charge in [0.2, 0.25) is 0 Å². The molecule has 0 bridgehead atoms. The fraction of sp³-hybridized carbons (Fsp3) is 1.00. The Hall–Kier alpha value is 0.270. The maximum Gasteiger partial charge on any atom is 0.0586 e. The molecule has 1 N–H and O–H groups in total. The smallest absolute Gasteiger partial charge is 0.0586 e. The quantitative estimate of drug-likeness (QED) is 0.759. The minimum Gasteiger partial charge on any atom is -0.381 e. The first-order valence-corrected chi connectivity index (χ1v) is 7.43. The summed E-state index contributed by atoms with van der Waals surface area (Å²) in [5.74, 6) is 1.26. The van der Waals surface area contributed by atoms with Crippen molar-refractivity contribution in [3.63, 3.8) is 0 Å². The number of ether oxygens (including phenoxy) is 1. The van der Waals surface area contributed by atoms with E-state index >= 15 is 0 Å². The van der Waals surface area contributed by atoms with E-state index in [0.717, 1.165) is 0 Å². The molecule has 1 fully saturated rings. The van der Waals surface area contributed by atoms with Crippen LogP contribution >= 0.6 is 11.8 Å². The highest BCUT2D eigenvalue weighted by Gasteiger charge is 2.22. The Bertz CT molecular complexity index is 166. The molecule has 2 nitrogen and oxygen atoms in total. The Kier molecular flexibility index (Phi) is 6.69. The van der Waals surface area contributed by atoms with E-state index < -0.39 is 0 Å². The van der Waals surface area contributed by atoms with Crippen molar-refractivity contribution in [1.82, 2.24) is 5.32 Å². The van der Waals surface area contributed by atoms with Gasteiger partial charge >= 0.3 is 0 Å². The molecule has 0 heterocycles. The third kappa shape index (κ3) is 5.23. The van der Waals surface area contributed by atoms with Gasteiger partial charge in [0, 0.05) is 19.2 Å². The van der Waals surface area contributed by atoms with Crippen LogP contribution in [-0.2, 0) is 4.74 Å². The van der Waals surface area contributed by atoms with E-state index in [4.69, 9.17) is 4.74 Å². The molecule has 1 aliphatic rings. The molecular formula is C12H25NOS. The molecule has 0 amide bonds. The van der Waals surface area contributed by atoms with Crippen LogP contribution in [-0.4, -0.2) is 37.3 Å². The molecule has 1 saturated carbocycles. The van der Waals surface area contributed by atoms with Gasteiger partial charge in [-0.2, -0.15) is 11.8 Å². The van der Waals surface area contributed by atoms with Crippen molar-refractivity contribution in [3.05, 3.63) is 0 Å². The molecule has 0 aromatic heterocycles. The van der Waals surface area contributed by atoms with E-state index in [1.54, 1.807) is 0 Å². The highest BCUT2D eigenvalue weighted by Crippen LogP contribution is 2.21. The number of methoxy groups -OCH3 is 1. The topological polar surface area (TPSA) is 21.3 Å². The van der Waals surface area contributed by atoms with Gasteiger partial charge in [0.15, 0.2) is 0 Å². The average molecular weight is 231 g/mol. The zero-order valence-electron chi connectivity index (χ0n) is 10.3. The average Bonchev–Trinajstić information content (AvgIpc) is 2.26. The molecule has 0 spiro atoms. The predicted octanol–water partition coefficient (Wildman–Crippen LogP) is 2.68. The molecule has 15 heavy (non-hydrogen) atoms. The van der Waals surface area contributed by atoms with Gasteiger partial charge in [-0.15, -0.1) is 0 Å². The van der Waals surface area contributed by atoms with Gasteiger partial charge in [-0.1, -0.05) is 0 Å². The van der Waals surface area contributed by atoms with E-state index in [0.29, 0.717) is 18.2 Å². The fourth-order valence-corrected chi connectivity index (χ4v) is 2.88. The molecule has 0 aliphatic heterocycles. The SMILES string of the molecule is COC1CCCC(NC(C)CCSC)C1. The van der Waals surface area contributed by atoms with Crippen LogP contribution in [0.25, 0.3) is 0 Å². The van der Waals surface area contributed by atoms with Crippen molar-refractivity contribution >= 4 is 11.8 Å². The maximum absolute atomic E-state index is 5.44. The molecular weight excluding hydrogens is 206 g/mol. The largest absolute Gasteiger partial charge is 0.381 e. The van der Waals surface area contributed by atoms with Crippen LogP contribution in [0.3, 0.4) is 0 Å². The molecule has 1 aliphatic carbocycles. The van der Waals surface area contributed by atoms with Crippen molar-refractivity contribution in [3.8, 4) is 0 Å². The van der Waals surface area contributed by atoms with Gasteiger partial charge < -0.3 is 10.1 Å². The van der Waals surface area contributed by atoms with Crippen molar-refractivity contribution in [2.75, 3.05) is 19.1 Å². The minimum absolute atomic E-state index is 0.490. The van der Waals surface area contributed by atoms with E-state index in [9.17, 15) is 0 Å². The summed E-state index contributed by atoms with van der Waals surface area (Å²) in [4.78, 5) is 0. The molecule has 3 unspecified atom stereocenters. The van der Waals surface area contributed by atoms with E-state index in [-0.39, 0.29) is 0 Å². The first-order valence-electron chi connectivity index (χ1n) is 6.04. The summed E-state index contributed by atoms with van der Waals surface area (Å²) in [7, 11) is 1.84. The maximum atomic E-state index is 5.44. The highest BCUT2D eigenvalue weighted by atomic mass is 32.2. The molecule has 3 heteroatoms. The summed E-state index contributed by atoms with van der Waals surface area (Å²) in [6, 6.07) is 1.33. The fourth-order valence-electron chi connectivity index (χ4n) is 2.29. The Morgan fingerprint density at radius 1 is 1.47 bits per heavy atom. The number of rotatable bonds is 6. The van der Waals surface area contributed by atoms with Crippen molar-refractivity contribution in [2.45, 2.75) is 57.2 Å². The third-order valence-electron chi connectivity index (χ3n) is 3.23. The van der Waals surface area contributed by atoms with E-state index in [1.807, 2.05) is 18.9 Å². The first kappa shape index (κ1) is 13.3. The van der Waals surface area contributed by atoms with Gasteiger partial charge in [0.1, 0.15) is 0 Å². The van der Waals surface area contributed by atoms with Gasteiger partial charge in [-0.05, 0) is 51.0 Å². The molecule has 0 saturated heterocycles. The highest BCUT2D eigenvalue weighted by molar-refractivity contribution is 7.98. The Morgan fingerprint density at radius 3 is 2.93 bits per heavy atom. The third-order valence-corrected chi connectivity index (χ3v) is 3.88. The monoisotopic (exact) mass is 231 g/mol. The number of thioether (sulfide) groups is 1. The summed E-state index contributed by atoms with van der Waals surface area (Å²) < 4.78 is 5.44. The Morgan fingerprint density at radius 2 is 2.27 bits per heavy atom. The molecule has 3 atom stereocenters.